The van der Waals surface area contributed by atoms with E-state index in [0.717, 1.165) is 6.54 Å². The average molecular weight is 279 g/mol. The van der Waals surface area contributed by atoms with Crippen LogP contribution in [0.1, 0.15) is 26.7 Å². The van der Waals surface area contributed by atoms with E-state index in [9.17, 15) is 0 Å². The van der Waals surface area contributed by atoms with Crippen molar-refractivity contribution in [2.24, 2.45) is 0 Å². The minimum Gasteiger partial charge on any atom is -0.373 e. The molecule has 0 unspecified atom stereocenters. The number of hydrogen-bond donors (Lipinski definition) is 0. The molecule has 0 fully saturated rings. The van der Waals surface area contributed by atoms with Crippen molar-refractivity contribution in [1.29, 1.82) is 0 Å². The molecule has 0 N–H and O–H groups in total. The third kappa shape index (κ3) is 4.14. The van der Waals surface area contributed by atoms with Gasteiger partial charge in [0.05, 0.1) is 0 Å². The van der Waals surface area contributed by atoms with Gasteiger partial charge in [-0.05, 0) is 25.6 Å². The molecule has 0 spiro atoms. The zero-order chi connectivity index (χ0) is 8.10. The van der Waals surface area contributed by atoms with Gasteiger partial charge in [-0.3, -0.25) is 0 Å². The van der Waals surface area contributed by atoms with Gasteiger partial charge in [0.1, 0.15) is 0 Å². The zero-order valence-electron chi connectivity index (χ0n) is 7.92. The van der Waals surface area contributed by atoms with Crippen LogP contribution in [0.3, 0.4) is 0 Å². The van der Waals surface area contributed by atoms with Crippen molar-refractivity contribution in [3.05, 3.63) is 23.9 Å². The maximum Gasteiger partial charge on any atom is 0.0383 e. The van der Waals surface area contributed by atoms with Crippen molar-refractivity contribution in [2.75, 3.05) is 13.1 Å². The first-order chi connectivity index (χ1) is 5.33. The molecular weight excluding hydrogens is 261 g/mol. The van der Waals surface area contributed by atoms with Gasteiger partial charge in [0.2, 0.25) is 0 Å². The fraction of sp³-hybridized carbons (Fsp3) is 0.600. The van der Waals surface area contributed by atoms with Gasteiger partial charge in [0.15, 0.2) is 0 Å². The molecule has 0 amide bonds. The fourth-order valence-electron chi connectivity index (χ4n) is 1.27. The number of halogens is 1. The summed E-state index contributed by atoms with van der Waals surface area (Å²) in [6, 6.07) is 0. The molecule has 0 bridgehead atoms. The lowest BCUT2D eigenvalue weighted by Crippen LogP contribution is -2.22. The van der Waals surface area contributed by atoms with Crippen LogP contribution in [0.2, 0.25) is 0 Å². The molecule has 0 aliphatic carbocycles. The van der Waals surface area contributed by atoms with E-state index < -0.39 is 0 Å². The minimum atomic E-state index is 0. The Labute approximate surface area is 92.5 Å². The Hall–Kier alpha value is 0.01000. The largest absolute Gasteiger partial charge is 0.373 e. The number of allylic oxidation sites excluding steroid dienone is 2. The standard InChI is InChI=1S/C10H17N.HI/c1-3-4-7-11-8-5-6-10(2)9-11;/h5-6,8H,3-4,7,9H2,1-2H3;1H. The van der Waals surface area contributed by atoms with Crippen LogP contribution >= 0.6 is 24.0 Å². The Balaban J connectivity index is 0.00000121. The van der Waals surface area contributed by atoms with Crippen LogP contribution in [0.4, 0.5) is 0 Å². The van der Waals surface area contributed by atoms with E-state index in [4.69, 9.17) is 0 Å². The molecule has 0 radical (unpaired) electrons. The lowest BCUT2D eigenvalue weighted by Gasteiger charge is -2.22. The van der Waals surface area contributed by atoms with E-state index in [1.54, 1.807) is 0 Å². The quantitative estimate of drug-likeness (QED) is 0.717. The highest BCUT2D eigenvalue weighted by molar-refractivity contribution is 14.0. The van der Waals surface area contributed by atoms with E-state index in [-0.39, 0.29) is 24.0 Å². The Morgan fingerprint density at radius 1 is 1.50 bits per heavy atom. The number of nitrogens with zero attached hydrogens (tertiary/aromatic N) is 1. The van der Waals surface area contributed by atoms with Gasteiger partial charge >= 0.3 is 0 Å². The van der Waals surface area contributed by atoms with E-state index in [1.807, 2.05) is 0 Å². The number of unbranched alkanes of at least 4 members (excludes halogenated alkanes) is 1. The first kappa shape index (κ1) is 12.0. The van der Waals surface area contributed by atoms with E-state index in [0.29, 0.717) is 0 Å². The van der Waals surface area contributed by atoms with Gasteiger partial charge in [-0.25, -0.2) is 0 Å². The van der Waals surface area contributed by atoms with Crippen molar-refractivity contribution in [2.45, 2.75) is 26.7 Å². The van der Waals surface area contributed by atoms with Crippen LogP contribution in [-0.2, 0) is 0 Å². The molecule has 1 rings (SSSR count). The molecule has 1 nitrogen and oxygen atoms in total. The topological polar surface area (TPSA) is 3.24 Å². The smallest absolute Gasteiger partial charge is 0.0383 e. The molecule has 0 aromatic carbocycles. The minimum absolute atomic E-state index is 0. The van der Waals surface area contributed by atoms with Crippen molar-refractivity contribution in [1.82, 2.24) is 4.90 Å². The molecule has 0 saturated carbocycles. The maximum atomic E-state index is 2.37. The van der Waals surface area contributed by atoms with Crippen molar-refractivity contribution >= 4 is 24.0 Å². The number of rotatable bonds is 3. The van der Waals surface area contributed by atoms with E-state index in [1.165, 1.54) is 25.0 Å². The van der Waals surface area contributed by atoms with Crippen LogP contribution in [0.5, 0.6) is 0 Å². The summed E-state index contributed by atoms with van der Waals surface area (Å²) in [7, 11) is 0. The molecule has 70 valence electrons. The third-order valence-electron chi connectivity index (χ3n) is 1.93. The van der Waals surface area contributed by atoms with Gasteiger partial charge in [-0.1, -0.05) is 25.0 Å². The lowest BCUT2D eigenvalue weighted by molar-refractivity contribution is 0.392. The average Bonchev–Trinajstić information content (AvgIpc) is 2.01. The Kier molecular flexibility index (Phi) is 6.52. The third-order valence-corrected chi connectivity index (χ3v) is 1.93. The van der Waals surface area contributed by atoms with E-state index >= 15 is 0 Å². The zero-order valence-corrected chi connectivity index (χ0v) is 10.2. The first-order valence-electron chi connectivity index (χ1n) is 4.41. The van der Waals surface area contributed by atoms with E-state index in [2.05, 4.69) is 37.1 Å². The summed E-state index contributed by atoms with van der Waals surface area (Å²) in [5, 5.41) is 0. The van der Waals surface area contributed by atoms with Gasteiger partial charge in [-0.2, -0.15) is 0 Å². The predicted molar refractivity (Wildman–Crippen MR) is 64.8 cm³/mol. The maximum absolute atomic E-state index is 2.37. The van der Waals surface area contributed by atoms with Crippen LogP contribution in [0.15, 0.2) is 23.9 Å². The molecule has 12 heavy (non-hydrogen) atoms. The fourth-order valence-corrected chi connectivity index (χ4v) is 1.27. The van der Waals surface area contributed by atoms with Crippen LogP contribution < -0.4 is 0 Å². The second kappa shape index (κ2) is 6.52. The molecule has 1 heterocycles. The first-order valence-corrected chi connectivity index (χ1v) is 4.41. The summed E-state index contributed by atoms with van der Waals surface area (Å²) in [4.78, 5) is 2.37. The van der Waals surface area contributed by atoms with Gasteiger partial charge < -0.3 is 4.90 Å². The van der Waals surface area contributed by atoms with Crippen molar-refractivity contribution < 1.29 is 0 Å². The molecule has 0 atom stereocenters. The van der Waals surface area contributed by atoms with Gasteiger partial charge in [0.25, 0.3) is 0 Å². The highest BCUT2D eigenvalue weighted by Gasteiger charge is 2.01. The van der Waals surface area contributed by atoms with Crippen LogP contribution in [0, 0.1) is 0 Å². The van der Waals surface area contributed by atoms with Crippen molar-refractivity contribution in [3.8, 4) is 0 Å². The number of hydrogen-bond acceptors (Lipinski definition) is 1. The Morgan fingerprint density at radius 2 is 2.25 bits per heavy atom. The lowest BCUT2D eigenvalue weighted by atomic mass is 10.2. The highest BCUT2D eigenvalue weighted by Crippen LogP contribution is 2.06. The molecule has 1 aliphatic rings. The highest BCUT2D eigenvalue weighted by atomic mass is 127. The monoisotopic (exact) mass is 279 g/mol. The summed E-state index contributed by atoms with van der Waals surface area (Å²) in [6.45, 7) is 6.74. The summed E-state index contributed by atoms with van der Waals surface area (Å²) >= 11 is 0. The summed E-state index contributed by atoms with van der Waals surface area (Å²) in [5.41, 5.74) is 1.46. The normalized spacial score (nSPS) is 15.5. The second-order valence-corrected chi connectivity index (χ2v) is 3.18. The second-order valence-electron chi connectivity index (χ2n) is 3.18. The molecular formula is C10H18IN. The van der Waals surface area contributed by atoms with Gasteiger partial charge in [-0.15, -0.1) is 24.0 Å². The molecule has 0 saturated heterocycles. The molecule has 1 aliphatic heterocycles. The van der Waals surface area contributed by atoms with Gasteiger partial charge in [0, 0.05) is 13.1 Å². The SMILES string of the molecule is CCCCN1C=CC=C(C)C1.I. The van der Waals surface area contributed by atoms with Crippen LogP contribution in [-0.4, -0.2) is 18.0 Å². The Bertz CT molecular complexity index is 173. The summed E-state index contributed by atoms with van der Waals surface area (Å²) in [5.74, 6) is 0. The molecule has 2 heteroatoms. The molecule has 0 aromatic heterocycles. The molecule has 0 aromatic rings. The van der Waals surface area contributed by atoms with Crippen LogP contribution in [0.25, 0.3) is 0 Å². The predicted octanol–water partition coefficient (Wildman–Crippen LogP) is 3.18. The Morgan fingerprint density at radius 3 is 2.83 bits per heavy atom. The van der Waals surface area contributed by atoms with Crippen molar-refractivity contribution in [3.63, 3.8) is 0 Å². The summed E-state index contributed by atoms with van der Waals surface area (Å²) in [6.07, 6.45) is 9.09. The summed E-state index contributed by atoms with van der Waals surface area (Å²) < 4.78 is 0.